The lowest BCUT2D eigenvalue weighted by Gasteiger charge is -2.17. The van der Waals surface area contributed by atoms with Crippen molar-refractivity contribution >= 4 is 23.3 Å². The Morgan fingerprint density at radius 2 is 1.69 bits per heavy atom. The van der Waals surface area contributed by atoms with E-state index in [1.807, 2.05) is 20.8 Å². The molecular weight excluding hydrogens is 330 g/mol. The average Bonchev–Trinajstić information content (AvgIpc) is 3.11. The number of amides is 1. The second kappa shape index (κ2) is 8.97. The molecule has 5 heteroatoms. The van der Waals surface area contributed by atoms with Crippen molar-refractivity contribution in [3.05, 3.63) is 29.8 Å². The number of ether oxygens (including phenoxy) is 1. The second-order valence-corrected chi connectivity index (χ2v) is 8.05. The van der Waals surface area contributed by atoms with E-state index >= 15 is 0 Å². The number of ketones is 1. The van der Waals surface area contributed by atoms with E-state index in [-0.39, 0.29) is 24.3 Å². The predicted octanol–water partition coefficient (Wildman–Crippen LogP) is 4.37. The Morgan fingerprint density at radius 3 is 2.27 bits per heavy atom. The zero-order chi connectivity index (χ0) is 19.2. The molecule has 0 saturated heterocycles. The van der Waals surface area contributed by atoms with E-state index in [1.165, 1.54) is 25.7 Å². The molecule has 0 radical (unpaired) electrons. The highest BCUT2D eigenvalue weighted by Gasteiger charge is 2.21. The molecule has 5 nitrogen and oxygen atoms in total. The first kappa shape index (κ1) is 20.1. The van der Waals surface area contributed by atoms with E-state index in [0.29, 0.717) is 23.6 Å². The summed E-state index contributed by atoms with van der Waals surface area (Å²) in [6.07, 6.45) is 6.15. The van der Waals surface area contributed by atoms with Gasteiger partial charge in [0.1, 0.15) is 0 Å². The minimum atomic E-state index is -0.485. The Morgan fingerprint density at radius 1 is 1.08 bits per heavy atom. The Balaban J connectivity index is 1.76. The van der Waals surface area contributed by atoms with Gasteiger partial charge in [0.2, 0.25) is 5.91 Å². The molecule has 1 aromatic rings. The van der Waals surface area contributed by atoms with Crippen LogP contribution in [0.5, 0.6) is 0 Å². The van der Waals surface area contributed by atoms with Crippen LogP contribution in [0.4, 0.5) is 5.69 Å². The molecule has 26 heavy (non-hydrogen) atoms. The topological polar surface area (TPSA) is 72.5 Å². The third-order valence-corrected chi connectivity index (χ3v) is 4.74. The zero-order valence-corrected chi connectivity index (χ0v) is 16.0. The SMILES string of the molecule is CC(C)(C)C(=O)Nc1ccc(C(=O)COC(=O)CCC2CCCC2)cc1. The van der Waals surface area contributed by atoms with Gasteiger partial charge in [-0.05, 0) is 36.6 Å². The number of rotatable bonds is 7. The molecule has 142 valence electrons. The molecule has 1 amide bonds. The van der Waals surface area contributed by atoms with Crippen molar-refractivity contribution in [3.8, 4) is 0 Å². The van der Waals surface area contributed by atoms with E-state index in [4.69, 9.17) is 4.74 Å². The summed E-state index contributed by atoms with van der Waals surface area (Å²) in [5.74, 6) is -0.00546. The normalized spacial score (nSPS) is 14.9. The molecule has 1 aromatic carbocycles. The lowest BCUT2D eigenvalue weighted by atomic mass is 9.95. The first-order valence-electron chi connectivity index (χ1n) is 9.36. The van der Waals surface area contributed by atoms with Crippen LogP contribution in [0.3, 0.4) is 0 Å². The zero-order valence-electron chi connectivity index (χ0n) is 16.0. The second-order valence-electron chi connectivity index (χ2n) is 8.05. The predicted molar refractivity (Wildman–Crippen MR) is 101 cm³/mol. The number of esters is 1. The van der Waals surface area contributed by atoms with E-state index in [1.54, 1.807) is 24.3 Å². The molecular formula is C21H29NO4. The average molecular weight is 359 g/mol. The van der Waals surface area contributed by atoms with Gasteiger partial charge in [-0.2, -0.15) is 0 Å². The summed E-state index contributed by atoms with van der Waals surface area (Å²) in [4.78, 5) is 35.9. The van der Waals surface area contributed by atoms with Gasteiger partial charge < -0.3 is 10.1 Å². The van der Waals surface area contributed by atoms with Gasteiger partial charge in [0.15, 0.2) is 12.4 Å². The quantitative estimate of drug-likeness (QED) is 0.580. The number of hydrogen-bond acceptors (Lipinski definition) is 4. The van der Waals surface area contributed by atoms with E-state index in [9.17, 15) is 14.4 Å². The Hall–Kier alpha value is -2.17. The van der Waals surface area contributed by atoms with Gasteiger partial charge >= 0.3 is 5.97 Å². The van der Waals surface area contributed by atoms with Crippen molar-refractivity contribution in [1.82, 2.24) is 0 Å². The lowest BCUT2D eigenvalue weighted by molar-refractivity contribution is -0.142. The summed E-state index contributed by atoms with van der Waals surface area (Å²) in [5, 5.41) is 2.81. The number of hydrogen-bond donors (Lipinski definition) is 1. The van der Waals surface area contributed by atoms with Crippen LogP contribution < -0.4 is 5.32 Å². The number of anilines is 1. The van der Waals surface area contributed by atoms with Crippen LogP contribution in [-0.4, -0.2) is 24.3 Å². The number of Topliss-reactive ketones (excluding diaryl/α,β-unsaturated/α-hetero) is 1. The maximum atomic E-state index is 12.1. The van der Waals surface area contributed by atoms with Crippen molar-refractivity contribution in [1.29, 1.82) is 0 Å². The summed E-state index contributed by atoms with van der Waals surface area (Å²) < 4.78 is 5.10. The van der Waals surface area contributed by atoms with Crippen LogP contribution in [0.2, 0.25) is 0 Å². The summed E-state index contributed by atoms with van der Waals surface area (Å²) in [6.45, 7) is 5.26. The minimum Gasteiger partial charge on any atom is -0.457 e. The van der Waals surface area contributed by atoms with Crippen molar-refractivity contribution < 1.29 is 19.1 Å². The van der Waals surface area contributed by atoms with Crippen LogP contribution in [0.25, 0.3) is 0 Å². The van der Waals surface area contributed by atoms with Gasteiger partial charge in [0, 0.05) is 23.1 Å². The highest BCUT2D eigenvalue weighted by atomic mass is 16.5. The summed E-state index contributed by atoms with van der Waals surface area (Å²) in [7, 11) is 0. The van der Waals surface area contributed by atoms with Gasteiger partial charge in [0.25, 0.3) is 0 Å². The molecule has 0 atom stereocenters. The Bertz CT molecular complexity index is 637. The fourth-order valence-electron chi connectivity index (χ4n) is 2.98. The first-order valence-corrected chi connectivity index (χ1v) is 9.36. The van der Waals surface area contributed by atoms with Crippen LogP contribution in [0.1, 0.15) is 69.7 Å². The minimum absolute atomic E-state index is 0.0900. The molecule has 0 aliphatic heterocycles. The number of nitrogens with one attached hydrogen (secondary N) is 1. The highest BCUT2D eigenvalue weighted by Crippen LogP contribution is 2.28. The molecule has 1 aliphatic rings. The van der Waals surface area contributed by atoms with Crippen LogP contribution in [0, 0.1) is 11.3 Å². The molecule has 1 fully saturated rings. The maximum Gasteiger partial charge on any atom is 0.306 e. The van der Waals surface area contributed by atoms with Crippen LogP contribution in [0.15, 0.2) is 24.3 Å². The fraction of sp³-hybridized carbons (Fsp3) is 0.571. The number of carbonyl (C=O) groups is 3. The lowest BCUT2D eigenvalue weighted by Crippen LogP contribution is -2.27. The third kappa shape index (κ3) is 6.28. The largest absolute Gasteiger partial charge is 0.457 e. The first-order chi connectivity index (χ1) is 12.3. The Labute approximate surface area is 155 Å². The van der Waals surface area contributed by atoms with Gasteiger partial charge in [0.05, 0.1) is 0 Å². The van der Waals surface area contributed by atoms with E-state index < -0.39 is 5.41 Å². The standard InChI is InChI=1S/C21H29NO4/c1-21(2,3)20(25)22-17-11-9-16(10-12-17)18(23)14-26-19(24)13-8-15-6-4-5-7-15/h9-12,15H,4-8,13-14H2,1-3H3,(H,22,25). The fourth-order valence-corrected chi connectivity index (χ4v) is 2.98. The molecule has 0 heterocycles. The molecule has 1 N–H and O–H groups in total. The summed E-state index contributed by atoms with van der Waals surface area (Å²) >= 11 is 0. The Kier molecular flexibility index (Phi) is 6.95. The van der Waals surface area contributed by atoms with Crippen LogP contribution in [-0.2, 0) is 14.3 Å². The molecule has 0 spiro atoms. The molecule has 0 bridgehead atoms. The van der Waals surface area contributed by atoms with Gasteiger partial charge in [-0.3, -0.25) is 14.4 Å². The highest BCUT2D eigenvalue weighted by molar-refractivity contribution is 5.99. The van der Waals surface area contributed by atoms with Crippen molar-refractivity contribution in [2.45, 2.75) is 59.3 Å². The smallest absolute Gasteiger partial charge is 0.306 e. The van der Waals surface area contributed by atoms with E-state index in [2.05, 4.69) is 5.32 Å². The monoisotopic (exact) mass is 359 g/mol. The van der Waals surface area contributed by atoms with Gasteiger partial charge in [-0.1, -0.05) is 46.5 Å². The van der Waals surface area contributed by atoms with E-state index in [0.717, 1.165) is 6.42 Å². The molecule has 1 saturated carbocycles. The van der Waals surface area contributed by atoms with Crippen molar-refractivity contribution in [3.63, 3.8) is 0 Å². The summed E-state index contributed by atoms with van der Waals surface area (Å²) in [6, 6.07) is 6.62. The molecule has 0 aromatic heterocycles. The molecule has 2 rings (SSSR count). The molecule has 0 unspecified atom stereocenters. The number of carbonyl (C=O) groups excluding carboxylic acids is 3. The molecule has 1 aliphatic carbocycles. The maximum absolute atomic E-state index is 12.1. The van der Waals surface area contributed by atoms with Crippen molar-refractivity contribution in [2.24, 2.45) is 11.3 Å². The third-order valence-electron chi connectivity index (χ3n) is 4.74. The van der Waals surface area contributed by atoms with Gasteiger partial charge in [-0.15, -0.1) is 0 Å². The number of benzene rings is 1. The summed E-state index contributed by atoms with van der Waals surface area (Å²) in [5.41, 5.74) is 0.610. The van der Waals surface area contributed by atoms with Gasteiger partial charge in [-0.25, -0.2) is 0 Å². The van der Waals surface area contributed by atoms with Crippen molar-refractivity contribution in [2.75, 3.05) is 11.9 Å². The van der Waals surface area contributed by atoms with Crippen LogP contribution >= 0.6 is 0 Å².